The van der Waals surface area contributed by atoms with Crippen LogP contribution >= 0.6 is 69.5 Å². The fraction of sp³-hybridized carbons (Fsp3) is 0.800. The van der Waals surface area contributed by atoms with Gasteiger partial charge in [-0.2, -0.15) is 0 Å². The summed E-state index contributed by atoms with van der Waals surface area (Å²) in [4.78, 5) is 8.55. The van der Waals surface area contributed by atoms with Crippen LogP contribution in [-0.2, 0) is 0 Å². The van der Waals surface area contributed by atoms with Crippen molar-refractivity contribution in [3.8, 4) is 0 Å². The van der Waals surface area contributed by atoms with Gasteiger partial charge in [0.15, 0.2) is 11.9 Å². The zero-order valence-electron chi connectivity index (χ0n) is 11.2. The third-order valence-corrected chi connectivity index (χ3v) is 4.80. The van der Waals surface area contributed by atoms with Crippen molar-refractivity contribution in [1.29, 1.82) is 0 Å². The highest BCUT2D eigenvalue weighted by atomic mass is 127. The SMILES string of the molecule is C1CNC(NCCSSCCNC2=NCCN2)=N1.I.I. The molecule has 0 aliphatic carbocycles. The summed E-state index contributed by atoms with van der Waals surface area (Å²) in [7, 11) is 3.78. The standard InChI is InChI=1S/C10H20N6S2.2HI/c1-2-12-9(11-1)15-5-7-17-18-8-6-16-10-13-3-4-14-10;;/h1-8H2,(H2,11,12,15)(H2,13,14,16);2*1H. The average molecular weight is 544 g/mol. The van der Waals surface area contributed by atoms with Crippen molar-refractivity contribution in [3.05, 3.63) is 0 Å². The molecule has 10 heteroatoms. The Kier molecular flexibility index (Phi) is 13.8. The Morgan fingerprint density at radius 2 is 1.30 bits per heavy atom. The summed E-state index contributed by atoms with van der Waals surface area (Å²) in [5.74, 6) is 4.08. The van der Waals surface area contributed by atoms with E-state index >= 15 is 0 Å². The first-order valence-electron chi connectivity index (χ1n) is 6.24. The van der Waals surface area contributed by atoms with Gasteiger partial charge < -0.3 is 21.3 Å². The number of aliphatic imine (C=N–C) groups is 2. The predicted octanol–water partition coefficient (Wildman–Crippen LogP) is 0.701. The van der Waals surface area contributed by atoms with Gasteiger partial charge in [0.2, 0.25) is 0 Å². The van der Waals surface area contributed by atoms with Crippen LogP contribution in [0.5, 0.6) is 0 Å². The predicted molar refractivity (Wildman–Crippen MR) is 112 cm³/mol. The zero-order valence-corrected chi connectivity index (χ0v) is 17.5. The lowest BCUT2D eigenvalue weighted by Gasteiger charge is -2.07. The van der Waals surface area contributed by atoms with E-state index in [1.54, 1.807) is 0 Å². The first kappa shape index (κ1) is 20.7. The van der Waals surface area contributed by atoms with E-state index in [0.29, 0.717) is 0 Å². The van der Waals surface area contributed by atoms with Crippen molar-refractivity contribution in [2.75, 3.05) is 50.8 Å². The molecule has 0 aromatic carbocycles. The number of halogens is 2. The van der Waals surface area contributed by atoms with Crippen LogP contribution in [0.1, 0.15) is 0 Å². The molecule has 0 aromatic rings. The van der Waals surface area contributed by atoms with E-state index in [-0.39, 0.29) is 48.0 Å². The third-order valence-electron chi connectivity index (χ3n) is 2.39. The molecule has 118 valence electrons. The maximum absolute atomic E-state index is 4.28. The average Bonchev–Trinajstić information content (AvgIpc) is 3.05. The lowest BCUT2D eigenvalue weighted by molar-refractivity contribution is 0.903. The van der Waals surface area contributed by atoms with Gasteiger partial charge in [0.05, 0.1) is 13.1 Å². The molecular weight excluding hydrogens is 522 g/mol. The molecule has 6 nitrogen and oxygen atoms in total. The summed E-state index contributed by atoms with van der Waals surface area (Å²) in [6.07, 6.45) is 0. The number of hydrogen-bond donors (Lipinski definition) is 4. The number of rotatable bonds is 7. The Morgan fingerprint density at radius 1 is 0.850 bits per heavy atom. The van der Waals surface area contributed by atoms with Crippen LogP contribution in [0.25, 0.3) is 0 Å². The van der Waals surface area contributed by atoms with E-state index in [9.17, 15) is 0 Å². The first-order valence-corrected chi connectivity index (χ1v) is 8.73. The van der Waals surface area contributed by atoms with Gasteiger partial charge in [-0.15, -0.1) is 48.0 Å². The van der Waals surface area contributed by atoms with Crippen LogP contribution in [0.15, 0.2) is 9.98 Å². The van der Waals surface area contributed by atoms with Crippen LogP contribution in [0.3, 0.4) is 0 Å². The molecular formula is C10H22I2N6S2. The summed E-state index contributed by atoms with van der Waals surface area (Å²) < 4.78 is 0. The summed E-state index contributed by atoms with van der Waals surface area (Å²) >= 11 is 0. The smallest absolute Gasteiger partial charge is 0.191 e. The normalized spacial score (nSPS) is 16.0. The van der Waals surface area contributed by atoms with E-state index in [4.69, 9.17) is 0 Å². The lowest BCUT2D eigenvalue weighted by atomic mass is 10.7. The second kappa shape index (κ2) is 13.4. The molecule has 2 aliphatic heterocycles. The Labute approximate surface area is 162 Å². The quantitative estimate of drug-likeness (QED) is 0.215. The van der Waals surface area contributed by atoms with Gasteiger partial charge >= 0.3 is 0 Å². The Balaban J connectivity index is 0.00000180. The summed E-state index contributed by atoms with van der Waals surface area (Å²) in [6, 6.07) is 0. The number of hydrogen-bond acceptors (Lipinski definition) is 8. The highest BCUT2D eigenvalue weighted by molar-refractivity contribution is 14.0. The molecule has 2 heterocycles. The maximum Gasteiger partial charge on any atom is 0.191 e. The van der Waals surface area contributed by atoms with E-state index in [2.05, 4.69) is 31.3 Å². The van der Waals surface area contributed by atoms with Crippen LogP contribution in [0.4, 0.5) is 0 Å². The molecule has 0 spiro atoms. The monoisotopic (exact) mass is 544 g/mol. The molecule has 0 radical (unpaired) electrons. The van der Waals surface area contributed by atoms with Gasteiger partial charge in [-0.25, -0.2) is 0 Å². The fourth-order valence-corrected chi connectivity index (χ4v) is 3.39. The molecule has 0 amide bonds. The van der Waals surface area contributed by atoms with Crippen molar-refractivity contribution in [2.45, 2.75) is 0 Å². The number of nitrogens with zero attached hydrogens (tertiary/aromatic N) is 2. The zero-order chi connectivity index (χ0) is 12.5. The molecule has 0 unspecified atom stereocenters. The number of guanidine groups is 2. The molecule has 0 aromatic heterocycles. The van der Waals surface area contributed by atoms with Gasteiger partial charge in [0.25, 0.3) is 0 Å². The van der Waals surface area contributed by atoms with Gasteiger partial charge in [0.1, 0.15) is 0 Å². The highest BCUT2D eigenvalue weighted by Gasteiger charge is 2.03. The van der Waals surface area contributed by atoms with Crippen molar-refractivity contribution in [3.63, 3.8) is 0 Å². The molecule has 0 atom stereocenters. The molecule has 4 N–H and O–H groups in total. The van der Waals surface area contributed by atoms with Gasteiger partial charge in [-0.1, -0.05) is 21.6 Å². The minimum Gasteiger partial charge on any atom is -0.356 e. The van der Waals surface area contributed by atoms with Crippen LogP contribution in [0, 0.1) is 0 Å². The Hall–Kier alpha value is 0.700. The minimum atomic E-state index is 0. The van der Waals surface area contributed by atoms with Crippen LogP contribution < -0.4 is 21.3 Å². The molecule has 0 saturated carbocycles. The van der Waals surface area contributed by atoms with Crippen molar-refractivity contribution < 1.29 is 0 Å². The molecule has 0 fully saturated rings. The van der Waals surface area contributed by atoms with Gasteiger partial charge in [0, 0.05) is 37.7 Å². The largest absolute Gasteiger partial charge is 0.356 e. The topological polar surface area (TPSA) is 72.8 Å². The maximum atomic E-state index is 4.28. The summed E-state index contributed by atoms with van der Waals surface area (Å²) in [5, 5.41) is 12.9. The van der Waals surface area contributed by atoms with Crippen molar-refractivity contribution in [1.82, 2.24) is 21.3 Å². The lowest BCUT2D eigenvalue weighted by Crippen LogP contribution is -2.35. The second-order valence-corrected chi connectivity index (χ2v) is 6.51. The molecule has 20 heavy (non-hydrogen) atoms. The molecule has 2 rings (SSSR count). The third kappa shape index (κ3) is 8.87. The van der Waals surface area contributed by atoms with E-state index in [1.807, 2.05) is 21.6 Å². The van der Waals surface area contributed by atoms with Crippen LogP contribution in [-0.4, -0.2) is 62.7 Å². The Bertz CT molecular complexity index is 286. The van der Waals surface area contributed by atoms with Crippen LogP contribution in [0.2, 0.25) is 0 Å². The fourth-order valence-electron chi connectivity index (χ4n) is 1.57. The van der Waals surface area contributed by atoms with Gasteiger partial charge in [-0.05, 0) is 0 Å². The Morgan fingerprint density at radius 3 is 1.65 bits per heavy atom. The van der Waals surface area contributed by atoms with Crippen molar-refractivity contribution in [2.24, 2.45) is 9.98 Å². The molecule has 2 aliphatic rings. The summed E-state index contributed by atoms with van der Waals surface area (Å²) in [5.41, 5.74) is 0. The summed E-state index contributed by atoms with van der Waals surface area (Å²) in [6.45, 7) is 5.65. The molecule has 0 bridgehead atoms. The first-order chi connectivity index (χ1) is 8.95. The number of nitrogens with one attached hydrogen (secondary N) is 4. The van der Waals surface area contributed by atoms with E-state index in [1.165, 1.54) is 0 Å². The van der Waals surface area contributed by atoms with E-state index < -0.39 is 0 Å². The minimum absolute atomic E-state index is 0. The van der Waals surface area contributed by atoms with Crippen molar-refractivity contribution >= 4 is 81.5 Å². The molecule has 0 saturated heterocycles. The van der Waals surface area contributed by atoms with Gasteiger partial charge in [-0.3, -0.25) is 9.98 Å². The second-order valence-electron chi connectivity index (χ2n) is 3.81. The van der Waals surface area contributed by atoms with E-state index in [0.717, 1.165) is 62.7 Å². The highest BCUT2D eigenvalue weighted by Crippen LogP contribution is 2.19.